The molecule has 0 saturated carbocycles. The molecule has 0 aliphatic heterocycles. The maximum absolute atomic E-state index is 12.8. The van der Waals surface area contributed by atoms with Gasteiger partial charge in [-0.05, 0) is 56.4 Å². The van der Waals surface area contributed by atoms with E-state index in [1.54, 1.807) is 7.11 Å². The summed E-state index contributed by atoms with van der Waals surface area (Å²) in [6.45, 7) is 2.01. The molecule has 2 N–H and O–H groups in total. The Hall–Kier alpha value is -2.89. The van der Waals surface area contributed by atoms with Gasteiger partial charge in [-0.1, -0.05) is 6.42 Å². The Morgan fingerprint density at radius 2 is 2.04 bits per heavy atom. The summed E-state index contributed by atoms with van der Waals surface area (Å²) in [6, 6.07) is 7.65. The van der Waals surface area contributed by atoms with Gasteiger partial charge in [-0.3, -0.25) is 9.89 Å². The molecule has 0 unspecified atom stereocenters. The Morgan fingerprint density at radius 3 is 2.88 bits per heavy atom. The number of rotatable bonds is 3. The van der Waals surface area contributed by atoms with Gasteiger partial charge in [-0.15, -0.1) is 0 Å². The summed E-state index contributed by atoms with van der Waals surface area (Å²) in [7, 11) is 1.63. The summed E-state index contributed by atoms with van der Waals surface area (Å²) in [4.78, 5) is 17.3. The van der Waals surface area contributed by atoms with Crippen LogP contribution in [0, 0.1) is 6.92 Å². The highest BCUT2D eigenvalue weighted by Gasteiger charge is 2.21. The lowest BCUT2D eigenvalue weighted by Crippen LogP contribution is -2.15. The number of pyridine rings is 1. The molecule has 1 aliphatic rings. The number of amides is 1. The second-order valence-electron chi connectivity index (χ2n) is 6.75. The summed E-state index contributed by atoms with van der Waals surface area (Å²) < 4.78 is 5.27. The van der Waals surface area contributed by atoms with E-state index in [4.69, 9.17) is 4.74 Å². The van der Waals surface area contributed by atoms with Gasteiger partial charge in [0, 0.05) is 22.7 Å². The number of anilines is 1. The summed E-state index contributed by atoms with van der Waals surface area (Å²) in [5, 5.41) is 11.3. The van der Waals surface area contributed by atoms with Gasteiger partial charge in [0.1, 0.15) is 11.6 Å². The van der Waals surface area contributed by atoms with Gasteiger partial charge in [0.25, 0.3) is 5.91 Å². The number of fused-ring (bicyclic) bond motifs is 2. The van der Waals surface area contributed by atoms with E-state index in [2.05, 4.69) is 20.5 Å². The van der Waals surface area contributed by atoms with E-state index in [0.717, 1.165) is 59.2 Å². The molecule has 1 aliphatic carbocycles. The number of aryl methyl sites for hydroxylation is 2. The maximum Gasteiger partial charge on any atom is 0.277 e. The molecule has 1 aromatic carbocycles. The van der Waals surface area contributed by atoms with Crippen molar-refractivity contribution in [3.63, 3.8) is 0 Å². The third-order valence-electron chi connectivity index (χ3n) is 4.99. The normalized spacial score (nSPS) is 13.9. The van der Waals surface area contributed by atoms with E-state index in [1.807, 2.05) is 31.2 Å². The molecule has 2 heterocycles. The molecule has 26 heavy (non-hydrogen) atoms. The van der Waals surface area contributed by atoms with Gasteiger partial charge in [0.2, 0.25) is 0 Å². The van der Waals surface area contributed by atoms with Crippen molar-refractivity contribution in [1.82, 2.24) is 15.2 Å². The average Bonchev–Trinajstić information content (AvgIpc) is 2.90. The lowest BCUT2D eigenvalue weighted by molar-refractivity contribution is 0.102. The van der Waals surface area contributed by atoms with E-state index < -0.39 is 0 Å². The van der Waals surface area contributed by atoms with Crippen LogP contribution in [0.1, 0.15) is 46.6 Å². The quantitative estimate of drug-likeness (QED) is 0.704. The number of aromatic amines is 1. The predicted octanol–water partition coefficient (Wildman–Crippen LogP) is 3.80. The fraction of sp³-hybridized carbons (Fsp3) is 0.350. The zero-order chi connectivity index (χ0) is 18.1. The van der Waals surface area contributed by atoms with Gasteiger partial charge in [0.05, 0.1) is 12.6 Å². The second kappa shape index (κ2) is 6.78. The van der Waals surface area contributed by atoms with Crippen LogP contribution in [0.25, 0.3) is 10.9 Å². The molecule has 6 heteroatoms. The molecule has 4 rings (SSSR count). The maximum atomic E-state index is 12.8. The van der Waals surface area contributed by atoms with E-state index in [1.165, 1.54) is 6.42 Å². The molecule has 0 bridgehead atoms. The van der Waals surface area contributed by atoms with Crippen molar-refractivity contribution in [3.8, 4) is 5.75 Å². The summed E-state index contributed by atoms with van der Waals surface area (Å²) in [5.74, 6) is 1.06. The number of carbonyl (C=O) groups excluding carboxylic acids is 1. The van der Waals surface area contributed by atoms with Crippen LogP contribution in [-0.2, 0) is 12.8 Å². The highest BCUT2D eigenvalue weighted by molar-refractivity contribution is 6.04. The van der Waals surface area contributed by atoms with Gasteiger partial charge in [-0.2, -0.15) is 5.10 Å². The fourth-order valence-corrected chi connectivity index (χ4v) is 3.59. The topological polar surface area (TPSA) is 79.9 Å². The molecule has 0 radical (unpaired) electrons. The minimum atomic E-state index is -0.210. The number of benzene rings is 1. The summed E-state index contributed by atoms with van der Waals surface area (Å²) in [5.41, 5.74) is 4.49. The Morgan fingerprint density at radius 1 is 1.19 bits per heavy atom. The Balaban J connectivity index is 1.64. The van der Waals surface area contributed by atoms with Crippen LogP contribution in [0.5, 0.6) is 5.75 Å². The molecule has 0 saturated heterocycles. The van der Waals surface area contributed by atoms with Gasteiger partial charge < -0.3 is 10.1 Å². The average molecular weight is 350 g/mol. The van der Waals surface area contributed by atoms with Crippen molar-refractivity contribution < 1.29 is 9.53 Å². The zero-order valence-electron chi connectivity index (χ0n) is 15.1. The number of nitrogens with zero attached hydrogens (tertiary/aromatic N) is 2. The van der Waals surface area contributed by atoms with Gasteiger partial charge in [-0.25, -0.2) is 4.98 Å². The number of ether oxygens (including phenoxy) is 1. The molecule has 3 aromatic rings. The lowest BCUT2D eigenvalue weighted by atomic mass is 10.1. The third-order valence-corrected chi connectivity index (χ3v) is 4.99. The number of hydrogen-bond donors (Lipinski definition) is 2. The van der Waals surface area contributed by atoms with Crippen molar-refractivity contribution in [2.24, 2.45) is 0 Å². The van der Waals surface area contributed by atoms with Crippen LogP contribution in [-0.4, -0.2) is 28.2 Å². The van der Waals surface area contributed by atoms with E-state index in [-0.39, 0.29) is 5.91 Å². The minimum absolute atomic E-state index is 0.210. The molecule has 6 nitrogen and oxygen atoms in total. The standard InChI is InChI=1S/C20H22N4O2/c1-12-10-18(21-17-11-13(26-2)8-9-14(12)17)22-20(25)19-15-6-4-3-5-7-16(15)23-24-19/h8-11H,3-7H2,1-2H3,(H,23,24)(H,21,22,25). The first-order valence-electron chi connectivity index (χ1n) is 8.98. The Bertz CT molecular complexity index is 977. The van der Waals surface area contributed by atoms with Crippen molar-refractivity contribution in [2.75, 3.05) is 12.4 Å². The fourth-order valence-electron chi connectivity index (χ4n) is 3.59. The van der Waals surface area contributed by atoms with Crippen LogP contribution < -0.4 is 10.1 Å². The second-order valence-corrected chi connectivity index (χ2v) is 6.75. The number of hydrogen-bond acceptors (Lipinski definition) is 4. The monoisotopic (exact) mass is 350 g/mol. The number of H-pyrrole nitrogens is 1. The van der Waals surface area contributed by atoms with E-state index in [9.17, 15) is 4.79 Å². The minimum Gasteiger partial charge on any atom is -0.497 e. The first kappa shape index (κ1) is 16.6. The highest BCUT2D eigenvalue weighted by atomic mass is 16.5. The van der Waals surface area contributed by atoms with E-state index >= 15 is 0 Å². The van der Waals surface area contributed by atoms with Crippen LogP contribution in [0.2, 0.25) is 0 Å². The van der Waals surface area contributed by atoms with E-state index in [0.29, 0.717) is 11.5 Å². The molecule has 0 atom stereocenters. The predicted molar refractivity (Wildman–Crippen MR) is 101 cm³/mol. The van der Waals surface area contributed by atoms with Crippen LogP contribution in [0.15, 0.2) is 24.3 Å². The summed E-state index contributed by atoms with van der Waals surface area (Å²) >= 11 is 0. The molecule has 2 aromatic heterocycles. The lowest BCUT2D eigenvalue weighted by Gasteiger charge is -2.09. The molecule has 134 valence electrons. The molecular formula is C20H22N4O2. The molecular weight excluding hydrogens is 328 g/mol. The van der Waals surface area contributed by atoms with Crippen LogP contribution in [0.3, 0.4) is 0 Å². The van der Waals surface area contributed by atoms with Crippen LogP contribution >= 0.6 is 0 Å². The number of methoxy groups -OCH3 is 1. The van der Waals surface area contributed by atoms with Crippen molar-refractivity contribution in [3.05, 3.63) is 46.8 Å². The van der Waals surface area contributed by atoms with Crippen LogP contribution in [0.4, 0.5) is 5.82 Å². The first-order chi connectivity index (χ1) is 12.7. The largest absolute Gasteiger partial charge is 0.497 e. The third kappa shape index (κ3) is 3.03. The van der Waals surface area contributed by atoms with Crippen molar-refractivity contribution >= 4 is 22.6 Å². The van der Waals surface area contributed by atoms with Crippen molar-refractivity contribution in [2.45, 2.75) is 39.0 Å². The number of nitrogens with one attached hydrogen (secondary N) is 2. The highest BCUT2D eigenvalue weighted by Crippen LogP contribution is 2.26. The Kier molecular flexibility index (Phi) is 4.32. The summed E-state index contributed by atoms with van der Waals surface area (Å²) in [6.07, 6.45) is 5.29. The van der Waals surface area contributed by atoms with Gasteiger partial charge >= 0.3 is 0 Å². The van der Waals surface area contributed by atoms with Gasteiger partial charge in [0.15, 0.2) is 5.69 Å². The molecule has 0 fully saturated rings. The number of aromatic nitrogens is 3. The smallest absolute Gasteiger partial charge is 0.277 e. The van der Waals surface area contributed by atoms with Crippen molar-refractivity contribution in [1.29, 1.82) is 0 Å². The first-order valence-corrected chi connectivity index (χ1v) is 8.98. The molecule has 0 spiro atoms. The Labute approximate surface area is 152 Å². The number of carbonyl (C=O) groups is 1. The zero-order valence-corrected chi connectivity index (χ0v) is 15.1. The molecule has 1 amide bonds. The SMILES string of the molecule is COc1ccc2c(C)cc(NC(=O)c3n[nH]c4c3CCCCC4)nc2c1.